The van der Waals surface area contributed by atoms with Crippen LogP contribution in [-0.4, -0.2) is 23.6 Å². The lowest BCUT2D eigenvalue weighted by atomic mass is 10.1. The SMILES string of the molecule is CCNc1ncnc(C(C)C)c1OC. The quantitative estimate of drug-likeness (QED) is 0.798. The van der Waals surface area contributed by atoms with Crippen molar-refractivity contribution in [1.82, 2.24) is 9.97 Å². The summed E-state index contributed by atoms with van der Waals surface area (Å²) in [7, 11) is 1.64. The normalized spacial score (nSPS) is 10.4. The van der Waals surface area contributed by atoms with Gasteiger partial charge in [-0.1, -0.05) is 13.8 Å². The highest BCUT2D eigenvalue weighted by Gasteiger charge is 2.13. The minimum Gasteiger partial charge on any atom is -0.491 e. The van der Waals surface area contributed by atoms with E-state index in [4.69, 9.17) is 4.74 Å². The van der Waals surface area contributed by atoms with Crippen LogP contribution in [-0.2, 0) is 0 Å². The van der Waals surface area contributed by atoms with Crippen LogP contribution in [0.1, 0.15) is 32.4 Å². The molecule has 0 saturated heterocycles. The highest BCUT2D eigenvalue weighted by atomic mass is 16.5. The fraction of sp³-hybridized carbons (Fsp3) is 0.600. The van der Waals surface area contributed by atoms with Crippen molar-refractivity contribution < 1.29 is 4.74 Å². The van der Waals surface area contributed by atoms with E-state index in [0.717, 1.165) is 23.8 Å². The van der Waals surface area contributed by atoms with Gasteiger partial charge >= 0.3 is 0 Å². The topological polar surface area (TPSA) is 47.0 Å². The second-order valence-electron chi connectivity index (χ2n) is 3.33. The summed E-state index contributed by atoms with van der Waals surface area (Å²) in [5.74, 6) is 1.86. The van der Waals surface area contributed by atoms with Crippen LogP contribution in [0.15, 0.2) is 6.33 Å². The van der Waals surface area contributed by atoms with Gasteiger partial charge in [0.25, 0.3) is 0 Å². The van der Waals surface area contributed by atoms with Gasteiger partial charge in [0.15, 0.2) is 11.6 Å². The Balaban J connectivity index is 3.11. The zero-order valence-corrected chi connectivity index (χ0v) is 9.16. The molecule has 78 valence electrons. The van der Waals surface area contributed by atoms with Gasteiger partial charge in [0.05, 0.1) is 12.8 Å². The van der Waals surface area contributed by atoms with E-state index in [2.05, 4.69) is 29.1 Å². The molecule has 0 aromatic carbocycles. The van der Waals surface area contributed by atoms with Gasteiger partial charge in [-0.15, -0.1) is 0 Å². The molecule has 0 fully saturated rings. The monoisotopic (exact) mass is 195 g/mol. The molecule has 0 aliphatic rings. The summed E-state index contributed by atoms with van der Waals surface area (Å²) in [4.78, 5) is 8.35. The molecule has 0 radical (unpaired) electrons. The molecule has 1 rings (SSSR count). The first-order chi connectivity index (χ1) is 6.70. The Morgan fingerprint density at radius 1 is 1.43 bits per heavy atom. The summed E-state index contributed by atoms with van der Waals surface area (Å²) >= 11 is 0. The molecule has 14 heavy (non-hydrogen) atoms. The first-order valence-corrected chi connectivity index (χ1v) is 4.83. The van der Waals surface area contributed by atoms with Crippen LogP contribution < -0.4 is 10.1 Å². The van der Waals surface area contributed by atoms with E-state index in [1.807, 2.05) is 6.92 Å². The van der Waals surface area contributed by atoms with Gasteiger partial charge in [-0.2, -0.15) is 0 Å². The number of ether oxygens (including phenoxy) is 1. The summed E-state index contributed by atoms with van der Waals surface area (Å²) in [5.41, 5.74) is 0.943. The zero-order valence-electron chi connectivity index (χ0n) is 9.16. The predicted molar refractivity (Wildman–Crippen MR) is 56.8 cm³/mol. The fourth-order valence-corrected chi connectivity index (χ4v) is 1.29. The molecule has 0 amide bonds. The summed E-state index contributed by atoms with van der Waals surface area (Å²) in [6.07, 6.45) is 1.57. The summed E-state index contributed by atoms with van der Waals surface area (Å²) in [6.45, 7) is 7.02. The van der Waals surface area contributed by atoms with Crippen molar-refractivity contribution in [3.63, 3.8) is 0 Å². The molecule has 1 heterocycles. The highest BCUT2D eigenvalue weighted by Crippen LogP contribution is 2.29. The lowest BCUT2D eigenvalue weighted by Gasteiger charge is -2.13. The number of aromatic nitrogens is 2. The lowest BCUT2D eigenvalue weighted by molar-refractivity contribution is 0.404. The van der Waals surface area contributed by atoms with Crippen LogP contribution in [0.2, 0.25) is 0 Å². The van der Waals surface area contributed by atoms with Gasteiger partial charge in [-0.25, -0.2) is 9.97 Å². The van der Waals surface area contributed by atoms with E-state index in [-0.39, 0.29) is 0 Å². The van der Waals surface area contributed by atoms with E-state index in [0.29, 0.717) is 5.92 Å². The van der Waals surface area contributed by atoms with Crippen molar-refractivity contribution in [2.24, 2.45) is 0 Å². The van der Waals surface area contributed by atoms with E-state index in [9.17, 15) is 0 Å². The van der Waals surface area contributed by atoms with Crippen molar-refractivity contribution in [2.75, 3.05) is 19.0 Å². The Morgan fingerprint density at radius 2 is 2.14 bits per heavy atom. The van der Waals surface area contributed by atoms with E-state index < -0.39 is 0 Å². The molecule has 0 unspecified atom stereocenters. The van der Waals surface area contributed by atoms with Gasteiger partial charge < -0.3 is 10.1 Å². The minimum absolute atomic E-state index is 0.338. The Morgan fingerprint density at radius 3 is 2.64 bits per heavy atom. The second kappa shape index (κ2) is 4.79. The number of hydrogen-bond acceptors (Lipinski definition) is 4. The van der Waals surface area contributed by atoms with Crippen LogP contribution in [0.25, 0.3) is 0 Å². The first kappa shape index (κ1) is 10.8. The Labute approximate surface area is 84.7 Å². The Kier molecular flexibility index (Phi) is 3.68. The van der Waals surface area contributed by atoms with Crippen LogP contribution in [0.5, 0.6) is 5.75 Å². The third-order valence-electron chi connectivity index (χ3n) is 1.93. The number of hydrogen-bond donors (Lipinski definition) is 1. The van der Waals surface area contributed by atoms with Crippen LogP contribution in [0.3, 0.4) is 0 Å². The molecular weight excluding hydrogens is 178 g/mol. The first-order valence-electron chi connectivity index (χ1n) is 4.83. The van der Waals surface area contributed by atoms with Crippen molar-refractivity contribution in [2.45, 2.75) is 26.7 Å². The zero-order chi connectivity index (χ0) is 10.6. The smallest absolute Gasteiger partial charge is 0.183 e. The molecule has 1 aromatic rings. The number of rotatable bonds is 4. The number of nitrogens with one attached hydrogen (secondary N) is 1. The number of anilines is 1. The van der Waals surface area contributed by atoms with Crippen molar-refractivity contribution in [3.05, 3.63) is 12.0 Å². The third kappa shape index (κ3) is 2.13. The molecule has 0 bridgehead atoms. The lowest BCUT2D eigenvalue weighted by Crippen LogP contribution is -2.06. The minimum atomic E-state index is 0.338. The molecular formula is C10H17N3O. The van der Waals surface area contributed by atoms with Gasteiger partial charge in [0, 0.05) is 6.54 Å². The average Bonchev–Trinajstić information content (AvgIpc) is 2.18. The number of methoxy groups -OCH3 is 1. The Hall–Kier alpha value is -1.32. The van der Waals surface area contributed by atoms with Gasteiger partial charge in [0.1, 0.15) is 6.33 Å². The average molecular weight is 195 g/mol. The molecule has 1 N–H and O–H groups in total. The van der Waals surface area contributed by atoms with E-state index in [1.54, 1.807) is 13.4 Å². The van der Waals surface area contributed by atoms with Crippen LogP contribution in [0, 0.1) is 0 Å². The maximum absolute atomic E-state index is 5.30. The van der Waals surface area contributed by atoms with Gasteiger partial charge in [0.2, 0.25) is 0 Å². The second-order valence-corrected chi connectivity index (χ2v) is 3.33. The number of nitrogens with zero attached hydrogens (tertiary/aromatic N) is 2. The summed E-state index contributed by atoms with van der Waals surface area (Å²) in [5, 5.41) is 3.15. The third-order valence-corrected chi connectivity index (χ3v) is 1.93. The van der Waals surface area contributed by atoms with Crippen LogP contribution in [0.4, 0.5) is 5.82 Å². The molecule has 4 nitrogen and oxygen atoms in total. The summed E-state index contributed by atoms with van der Waals surface area (Å²) in [6, 6.07) is 0. The molecule has 4 heteroatoms. The molecule has 0 aliphatic heterocycles. The molecule has 1 aromatic heterocycles. The molecule has 0 spiro atoms. The van der Waals surface area contributed by atoms with Gasteiger partial charge in [-0.3, -0.25) is 0 Å². The molecule has 0 aliphatic carbocycles. The molecule has 0 saturated carbocycles. The van der Waals surface area contributed by atoms with Gasteiger partial charge in [-0.05, 0) is 12.8 Å². The van der Waals surface area contributed by atoms with E-state index in [1.165, 1.54) is 0 Å². The van der Waals surface area contributed by atoms with E-state index >= 15 is 0 Å². The van der Waals surface area contributed by atoms with Crippen LogP contribution >= 0.6 is 0 Å². The molecule has 0 atom stereocenters. The maximum Gasteiger partial charge on any atom is 0.183 e. The Bertz CT molecular complexity index is 299. The maximum atomic E-state index is 5.30. The highest BCUT2D eigenvalue weighted by molar-refractivity contribution is 5.52. The predicted octanol–water partition coefficient (Wildman–Crippen LogP) is 2.04. The van der Waals surface area contributed by atoms with Crippen molar-refractivity contribution in [3.8, 4) is 5.75 Å². The summed E-state index contributed by atoms with van der Waals surface area (Å²) < 4.78 is 5.30. The van der Waals surface area contributed by atoms with Crippen molar-refractivity contribution in [1.29, 1.82) is 0 Å². The fourth-order valence-electron chi connectivity index (χ4n) is 1.29. The van der Waals surface area contributed by atoms with Crippen molar-refractivity contribution >= 4 is 5.82 Å². The largest absolute Gasteiger partial charge is 0.491 e. The standard InChI is InChI=1S/C10H17N3O/c1-5-11-10-9(14-4)8(7(2)3)12-6-13-10/h6-7H,5H2,1-4H3,(H,11,12,13).